The van der Waals surface area contributed by atoms with Gasteiger partial charge in [-0.1, -0.05) is 27.7 Å². The lowest BCUT2D eigenvalue weighted by molar-refractivity contribution is 0.180. The summed E-state index contributed by atoms with van der Waals surface area (Å²) in [6.07, 6.45) is 6.66. The average molecular weight is 354 g/mol. The minimum Gasteiger partial charge on any atom is -0.328 e. The molecule has 0 saturated heterocycles. The Kier molecular flexibility index (Phi) is 12.0. The van der Waals surface area contributed by atoms with Crippen molar-refractivity contribution in [1.29, 1.82) is 0 Å². The minimum absolute atomic E-state index is 0.111. The maximum Gasteiger partial charge on any atom is 0.203 e. The fourth-order valence-corrected chi connectivity index (χ4v) is 7.43. The van der Waals surface area contributed by atoms with E-state index in [0.717, 1.165) is 25.7 Å². The Hall–Kier alpha value is 0.380. The van der Waals surface area contributed by atoms with Crippen LogP contribution in [0.15, 0.2) is 0 Å². The van der Waals surface area contributed by atoms with Crippen molar-refractivity contribution in [2.24, 2.45) is 0 Å². The largest absolute Gasteiger partial charge is 0.328 e. The van der Waals surface area contributed by atoms with E-state index in [9.17, 15) is 9.13 Å². The van der Waals surface area contributed by atoms with Crippen LogP contribution in [0.25, 0.3) is 0 Å². The quantitative estimate of drug-likeness (QED) is 0.359. The molecule has 0 saturated carbocycles. The van der Waals surface area contributed by atoms with Crippen LogP contribution in [0, 0.1) is 0 Å². The maximum atomic E-state index is 12.7. The van der Waals surface area contributed by atoms with Gasteiger partial charge in [0.25, 0.3) is 0 Å². The van der Waals surface area contributed by atoms with Gasteiger partial charge in [0.15, 0.2) is 0 Å². The normalized spacial score (nSPS) is 14.2. The molecular weight excluding hydrogens is 318 g/mol. The second-order valence-corrected chi connectivity index (χ2v) is 11.6. The van der Waals surface area contributed by atoms with Gasteiger partial charge in [-0.3, -0.25) is 9.13 Å². The van der Waals surface area contributed by atoms with Crippen molar-refractivity contribution in [3.63, 3.8) is 0 Å². The van der Waals surface area contributed by atoms with Crippen molar-refractivity contribution in [1.82, 2.24) is 0 Å². The molecule has 1 atom stereocenters. The van der Waals surface area contributed by atoms with Gasteiger partial charge in [0.05, 0.1) is 12.7 Å². The lowest BCUT2D eigenvalue weighted by atomic mass is 10.3. The molecule has 0 bridgehead atoms. The Labute approximate surface area is 137 Å². The van der Waals surface area contributed by atoms with Crippen LogP contribution in [0.5, 0.6) is 0 Å². The predicted molar refractivity (Wildman–Crippen MR) is 97.0 cm³/mol. The van der Waals surface area contributed by atoms with Gasteiger partial charge in [-0.05, 0) is 39.0 Å². The summed E-state index contributed by atoms with van der Waals surface area (Å²) in [5, 5.41) is 0. The predicted octanol–water partition coefficient (Wildman–Crippen LogP) is 5.99. The van der Waals surface area contributed by atoms with Crippen LogP contribution in [0.1, 0.15) is 66.7 Å². The van der Waals surface area contributed by atoms with Gasteiger partial charge in [-0.15, -0.1) is 0 Å². The summed E-state index contributed by atoms with van der Waals surface area (Å²) < 4.78 is 36.8. The first kappa shape index (κ1) is 22.4. The molecule has 0 aromatic heterocycles. The number of hydrogen-bond donors (Lipinski definition) is 0. The summed E-state index contributed by atoms with van der Waals surface area (Å²) in [4.78, 5) is 0. The van der Waals surface area contributed by atoms with E-state index in [1.165, 1.54) is 0 Å². The highest BCUT2D eigenvalue weighted by Crippen LogP contribution is 2.50. The number of rotatable bonds is 14. The molecule has 1 unspecified atom stereocenters. The van der Waals surface area contributed by atoms with Crippen molar-refractivity contribution >= 4 is 14.7 Å². The second-order valence-electron chi connectivity index (χ2n) is 6.06. The third-order valence-electron chi connectivity index (χ3n) is 3.48. The SMILES string of the molecule is CCCP(=O)(CCC)OCCC(C)OP(=O)(CCC)CCC. The van der Waals surface area contributed by atoms with Crippen molar-refractivity contribution in [3.8, 4) is 0 Å². The van der Waals surface area contributed by atoms with Gasteiger partial charge in [0.2, 0.25) is 14.7 Å². The first-order chi connectivity index (χ1) is 10.3. The smallest absolute Gasteiger partial charge is 0.203 e. The molecule has 0 radical (unpaired) electrons. The highest BCUT2D eigenvalue weighted by molar-refractivity contribution is 7.59. The molecule has 0 amide bonds. The average Bonchev–Trinajstić information content (AvgIpc) is 2.39. The van der Waals surface area contributed by atoms with Crippen LogP contribution in [0.2, 0.25) is 0 Å². The van der Waals surface area contributed by atoms with E-state index in [1.807, 2.05) is 34.6 Å². The summed E-state index contributed by atoms with van der Waals surface area (Å²) >= 11 is 0. The Balaban J connectivity index is 4.34. The van der Waals surface area contributed by atoms with Crippen LogP contribution in [0.4, 0.5) is 0 Å². The van der Waals surface area contributed by atoms with Crippen LogP contribution >= 0.6 is 14.7 Å². The standard InChI is InChI=1S/C16H36O4P2/c1-6-12-21(17,13-7-2)19-11-10-16(5)20-22(18,14-8-3)15-9-4/h16H,6-15H2,1-5H3. The molecule has 0 aromatic rings. The monoisotopic (exact) mass is 354 g/mol. The number of hydrogen-bond acceptors (Lipinski definition) is 4. The molecule has 0 aliphatic rings. The summed E-state index contributed by atoms with van der Waals surface area (Å²) in [5.74, 6) is 0. The zero-order chi connectivity index (χ0) is 17.1. The molecule has 0 aliphatic heterocycles. The highest BCUT2D eigenvalue weighted by atomic mass is 31.2. The third-order valence-corrected chi connectivity index (χ3v) is 9.39. The molecule has 0 rings (SSSR count). The molecule has 6 heteroatoms. The van der Waals surface area contributed by atoms with Crippen LogP contribution < -0.4 is 0 Å². The molecule has 0 aromatic carbocycles. The molecule has 134 valence electrons. The molecular formula is C16H36O4P2. The van der Waals surface area contributed by atoms with Gasteiger partial charge in [-0.2, -0.15) is 0 Å². The van der Waals surface area contributed by atoms with Crippen LogP contribution in [-0.4, -0.2) is 37.4 Å². The summed E-state index contributed by atoms with van der Waals surface area (Å²) in [6, 6.07) is 0. The Morgan fingerprint density at radius 2 is 1.18 bits per heavy atom. The van der Waals surface area contributed by atoms with Gasteiger partial charge >= 0.3 is 0 Å². The van der Waals surface area contributed by atoms with Gasteiger partial charge in [0, 0.05) is 24.6 Å². The van der Waals surface area contributed by atoms with E-state index in [-0.39, 0.29) is 6.10 Å². The lowest BCUT2D eigenvalue weighted by Gasteiger charge is -2.23. The van der Waals surface area contributed by atoms with Gasteiger partial charge in [0.1, 0.15) is 0 Å². The van der Waals surface area contributed by atoms with Crippen molar-refractivity contribution in [2.45, 2.75) is 72.8 Å². The Bertz CT molecular complexity index is 351. The molecule has 0 spiro atoms. The van der Waals surface area contributed by atoms with E-state index < -0.39 is 14.7 Å². The van der Waals surface area contributed by atoms with Crippen LogP contribution in [-0.2, 0) is 18.2 Å². The van der Waals surface area contributed by atoms with Gasteiger partial charge in [-0.25, -0.2) is 0 Å². The summed E-state index contributed by atoms with van der Waals surface area (Å²) in [6.45, 7) is 10.5. The molecule has 22 heavy (non-hydrogen) atoms. The third kappa shape index (κ3) is 9.50. The van der Waals surface area contributed by atoms with Gasteiger partial charge < -0.3 is 9.05 Å². The van der Waals surface area contributed by atoms with E-state index in [4.69, 9.17) is 9.05 Å². The first-order valence-electron chi connectivity index (χ1n) is 8.83. The summed E-state index contributed by atoms with van der Waals surface area (Å²) in [5.41, 5.74) is 0. The first-order valence-corrected chi connectivity index (χ1v) is 12.8. The fourth-order valence-electron chi connectivity index (χ4n) is 2.59. The zero-order valence-corrected chi connectivity index (χ0v) is 17.0. The molecule has 0 aliphatic carbocycles. The van der Waals surface area contributed by atoms with E-state index >= 15 is 0 Å². The fraction of sp³-hybridized carbons (Fsp3) is 1.00. The zero-order valence-electron chi connectivity index (χ0n) is 15.2. The Morgan fingerprint density at radius 3 is 1.59 bits per heavy atom. The highest BCUT2D eigenvalue weighted by Gasteiger charge is 2.25. The van der Waals surface area contributed by atoms with Crippen molar-refractivity contribution < 1.29 is 18.2 Å². The maximum absolute atomic E-state index is 12.7. The minimum atomic E-state index is -2.51. The van der Waals surface area contributed by atoms with Crippen molar-refractivity contribution in [3.05, 3.63) is 0 Å². The summed E-state index contributed by atoms with van der Waals surface area (Å²) in [7, 11) is -4.98. The molecule has 0 heterocycles. The van der Waals surface area contributed by atoms with E-state index in [2.05, 4.69) is 0 Å². The van der Waals surface area contributed by atoms with Crippen molar-refractivity contribution in [2.75, 3.05) is 31.3 Å². The molecule has 0 fully saturated rings. The van der Waals surface area contributed by atoms with E-state index in [1.54, 1.807) is 0 Å². The molecule has 4 nitrogen and oxygen atoms in total. The molecule has 0 N–H and O–H groups in total. The Morgan fingerprint density at radius 1 is 0.773 bits per heavy atom. The topological polar surface area (TPSA) is 52.6 Å². The van der Waals surface area contributed by atoms with Crippen LogP contribution in [0.3, 0.4) is 0 Å². The lowest BCUT2D eigenvalue weighted by Crippen LogP contribution is -2.13. The second kappa shape index (κ2) is 11.8. The van der Waals surface area contributed by atoms with E-state index in [0.29, 0.717) is 37.7 Å².